The Bertz CT molecular complexity index is 552. The number of carbonyl (C=O) groups is 1. The van der Waals surface area contributed by atoms with Crippen LogP contribution in [0.15, 0.2) is 6.07 Å². The lowest BCUT2D eigenvalue weighted by atomic mass is 9.86. The Hall–Kier alpha value is -1.65. The normalized spacial score (nSPS) is 25.5. The summed E-state index contributed by atoms with van der Waals surface area (Å²) in [5, 5.41) is 3.29. The molecule has 0 bridgehead atoms. The van der Waals surface area contributed by atoms with Gasteiger partial charge in [-0.1, -0.05) is 6.92 Å². The topological polar surface area (TPSA) is 58.1 Å². The van der Waals surface area contributed by atoms with Crippen LogP contribution in [-0.2, 0) is 4.79 Å². The van der Waals surface area contributed by atoms with Gasteiger partial charge in [0.05, 0.1) is 0 Å². The van der Waals surface area contributed by atoms with Gasteiger partial charge in [-0.15, -0.1) is 0 Å². The largest absolute Gasteiger partial charge is 0.353 e. The summed E-state index contributed by atoms with van der Waals surface area (Å²) in [6.45, 7) is 8.04. The van der Waals surface area contributed by atoms with Gasteiger partial charge in [-0.3, -0.25) is 4.79 Å². The van der Waals surface area contributed by atoms with Crippen molar-refractivity contribution in [3.05, 3.63) is 17.5 Å². The van der Waals surface area contributed by atoms with Crippen LogP contribution < -0.4 is 10.2 Å². The van der Waals surface area contributed by atoms with Gasteiger partial charge in [-0.2, -0.15) is 0 Å². The lowest BCUT2D eigenvalue weighted by Crippen LogP contribution is -2.45. The van der Waals surface area contributed by atoms with E-state index in [0.717, 1.165) is 62.0 Å². The van der Waals surface area contributed by atoms with Crippen LogP contribution in [0.2, 0.25) is 0 Å². The molecule has 2 heterocycles. The molecule has 24 heavy (non-hydrogen) atoms. The van der Waals surface area contributed by atoms with Gasteiger partial charge in [0, 0.05) is 36.4 Å². The second kappa shape index (κ2) is 7.49. The number of amides is 1. The van der Waals surface area contributed by atoms with Crippen molar-refractivity contribution in [2.45, 2.75) is 65.3 Å². The summed E-state index contributed by atoms with van der Waals surface area (Å²) in [4.78, 5) is 23.8. The Morgan fingerprint density at radius 2 is 1.62 bits per heavy atom. The minimum atomic E-state index is 0.145. The van der Waals surface area contributed by atoms with Gasteiger partial charge < -0.3 is 10.2 Å². The maximum atomic E-state index is 12.5. The average Bonchev–Trinajstić information content (AvgIpc) is 2.56. The SMILES string of the molecule is Cc1cc(C)nc(N2CCC(C(=O)NC3CCC(C)CC3)CC2)n1. The maximum Gasteiger partial charge on any atom is 0.225 e. The van der Waals surface area contributed by atoms with Gasteiger partial charge in [0.15, 0.2) is 0 Å². The Kier molecular flexibility index (Phi) is 5.36. The van der Waals surface area contributed by atoms with Crippen molar-refractivity contribution in [2.75, 3.05) is 18.0 Å². The van der Waals surface area contributed by atoms with E-state index >= 15 is 0 Å². The number of hydrogen-bond acceptors (Lipinski definition) is 4. The van der Waals surface area contributed by atoms with Gasteiger partial charge in [-0.05, 0) is 64.4 Å². The number of nitrogens with one attached hydrogen (secondary N) is 1. The van der Waals surface area contributed by atoms with E-state index in [1.54, 1.807) is 0 Å². The van der Waals surface area contributed by atoms with E-state index in [1.165, 1.54) is 12.8 Å². The van der Waals surface area contributed by atoms with Gasteiger partial charge in [0.1, 0.15) is 0 Å². The van der Waals surface area contributed by atoms with Crippen LogP contribution in [0.5, 0.6) is 0 Å². The summed E-state index contributed by atoms with van der Waals surface area (Å²) in [6, 6.07) is 2.39. The van der Waals surface area contributed by atoms with Crippen LogP contribution in [0.4, 0.5) is 5.95 Å². The van der Waals surface area contributed by atoms with Gasteiger partial charge in [0.25, 0.3) is 0 Å². The fourth-order valence-electron chi connectivity index (χ4n) is 3.91. The molecule has 2 fully saturated rings. The summed E-state index contributed by atoms with van der Waals surface area (Å²) in [5.41, 5.74) is 2.01. The van der Waals surface area contributed by atoms with Gasteiger partial charge in [-0.25, -0.2) is 9.97 Å². The first-order chi connectivity index (χ1) is 11.5. The molecule has 1 aliphatic heterocycles. The van der Waals surface area contributed by atoms with Crippen LogP contribution in [0.3, 0.4) is 0 Å². The molecule has 3 rings (SSSR count). The van der Waals surface area contributed by atoms with E-state index in [4.69, 9.17) is 0 Å². The monoisotopic (exact) mass is 330 g/mol. The zero-order valence-electron chi connectivity index (χ0n) is 15.2. The summed E-state index contributed by atoms with van der Waals surface area (Å²) < 4.78 is 0. The Labute approximate surface area is 145 Å². The summed E-state index contributed by atoms with van der Waals surface area (Å²) >= 11 is 0. The lowest BCUT2D eigenvalue weighted by Gasteiger charge is -2.33. The van der Waals surface area contributed by atoms with Crippen LogP contribution in [-0.4, -0.2) is 35.0 Å². The zero-order valence-corrected chi connectivity index (χ0v) is 15.2. The number of carbonyl (C=O) groups excluding carboxylic acids is 1. The van der Waals surface area contributed by atoms with Crippen molar-refractivity contribution in [3.8, 4) is 0 Å². The van der Waals surface area contributed by atoms with Crippen molar-refractivity contribution in [3.63, 3.8) is 0 Å². The first kappa shape index (κ1) is 17.2. The Balaban J connectivity index is 1.50. The molecule has 5 heteroatoms. The summed E-state index contributed by atoms with van der Waals surface area (Å²) in [7, 11) is 0. The van der Waals surface area contributed by atoms with E-state index in [9.17, 15) is 4.79 Å². The number of nitrogens with zero attached hydrogens (tertiary/aromatic N) is 3. The third-order valence-electron chi connectivity index (χ3n) is 5.48. The van der Waals surface area contributed by atoms with Gasteiger partial charge >= 0.3 is 0 Å². The highest BCUT2D eigenvalue weighted by molar-refractivity contribution is 5.79. The predicted octanol–water partition coefficient (Wildman–Crippen LogP) is 3.00. The van der Waals surface area contributed by atoms with Crippen molar-refractivity contribution >= 4 is 11.9 Å². The van der Waals surface area contributed by atoms with E-state index in [-0.39, 0.29) is 11.8 Å². The molecule has 5 nitrogen and oxygen atoms in total. The number of rotatable bonds is 3. The van der Waals surface area contributed by atoms with Crippen molar-refractivity contribution in [1.29, 1.82) is 0 Å². The molecule has 1 N–H and O–H groups in total. The van der Waals surface area contributed by atoms with Crippen LogP contribution >= 0.6 is 0 Å². The quantitative estimate of drug-likeness (QED) is 0.925. The molecule has 0 radical (unpaired) electrons. The van der Waals surface area contributed by atoms with E-state index in [0.29, 0.717) is 6.04 Å². The van der Waals surface area contributed by atoms with E-state index in [1.807, 2.05) is 19.9 Å². The molecule has 1 aromatic rings. The predicted molar refractivity (Wildman–Crippen MR) is 96.0 cm³/mol. The molecule has 2 aliphatic rings. The maximum absolute atomic E-state index is 12.5. The number of anilines is 1. The van der Waals surface area contributed by atoms with Gasteiger partial charge in [0.2, 0.25) is 11.9 Å². The van der Waals surface area contributed by atoms with Crippen molar-refractivity contribution < 1.29 is 4.79 Å². The minimum Gasteiger partial charge on any atom is -0.353 e. The minimum absolute atomic E-state index is 0.145. The number of aryl methyl sites for hydroxylation is 2. The van der Waals surface area contributed by atoms with E-state index in [2.05, 4.69) is 27.1 Å². The molecule has 1 aromatic heterocycles. The molecule has 1 amide bonds. The third kappa shape index (κ3) is 4.25. The molecular formula is C19H30N4O. The summed E-state index contributed by atoms with van der Waals surface area (Å²) in [5.74, 6) is 2.04. The van der Waals surface area contributed by atoms with Crippen molar-refractivity contribution in [2.24, 2.45) is 11.8 Å². The first-order valence-corrected chi connectivity index (χ1v) is 9.39. The highest BCUT2D eigenvalue weighted by Crippen LogP contribution is 2.25. The molecule has 0 atom stereocenters. The highest BCUT2D eigenvalue weighted by Gasteiger charge is 2.28. The number of aromatic nitrogens is 2. The fourth-order valence-corrected chi connectivity index (χ4v) is 3.91. The zero-order chi connectivity index (χ0) is 17.1. The molecule has 132 valence electrons. The molecule has 0 spiro atoms. The standard InChI is InChI=1S/C19H30N4O/c1-13-4-6-17(7-5-13)22-18(24)16-8-10-23(11-9-16)19-20-14(2)12-15(3)21-19/h12-13,16-17H,4-11H2,1-3H3,(H,22,24). The van der Waals surface area contributed by atoms with E-state index < -0.39 is 0 Å². The second-order valence-corrected chi connectivity index (χ2v) is 7.68. The third-order valence-corrected chi connectivity index (χ3v) is 5.48. The molecule has 1 saturated heterocycles. The van der Waals surface area contributed by atoms with Crippen LogP contribution in [0.25, 0.3) is 0 Å². The average molecular weight is 330 g/mol. The first-order valence-electron chi connectivity index (χ1n) is 9.39. The van der Waals surface area contributed by atoms with Crippen molar-refractivity contribution in [1.82, 2.24) is 15.3 Å². The fraction of sp³-hybridized carbons (Fsp3) is 0.737. The highest BCUT2D eigenvalue weighted by atomic mass is 16.1. The molecule has 1 saturated carbocycles. The smallest absolute Gasteiger partial charge is 0.225 e. The summed E-state index contributed by atoms with van der Waals surface area (Å²) in [6.07, 6.45) is 6.56. The van der Waals surface area contributed by atoms with Crippen LogP contribution in [0.1, 0.15) is 56.8 Å². The number of hydrogen-bond donors (Lipinski definition) is 1. The Morgan fingerprint density at radius 1 is 1.04 bits per heavy atom. The molecular weight excluding hydrogens is 300 g/mol. The molecule has 0 aromatic carbocycles. The lowest BCUT2D eigenvalue weighted by molar-refractivity contribution is -0.126. The molecule has 0 unspecified atom stereocenters. The Morgan fingerprint density at radius 3 is 2.21 bits per heavy atom. The number of piperidine rings is 1. The second-order valence-electron chi connectivity index (χ2n) is 7.68. The van der Waals surface area contributed by atoms with Crippen LogP contribution in [0, 0.1) is 25.7 Å². The molecule has 1 aliphatic carbocycles.